The van der Waals surface area contributed by atoms with Crippen molar-refractivity contribution in [2.45, 2.75) is 114 Å². The predicted octanol–water partition coefficient (Wildman–Crippen LogP) is -1.60. The smallest absolute Gasteiger partial charge is 0.336 e. The zero-order valence-electron chi connectivity index (χ0n) is 28.0. The molecular formula is C34H46O17. The maximum absolute atomic E-state index is 13.0. The third kappa shape index (κ3) is 10.8. The van der Waals surface area contributed by atoms with Crippen molar-refractivity contribution in [1.29, 1.82) is 0 Å². The summed E-state index contributed by atoms with van der Waals surface area (Å²) in [5.41, 5.74) is 1.11. The Balaban J connectivity index is 1.26. The van der Waals surface area contributed by atoms with Crippen LogP contribution < -0.4 is 9.47 Å². The molecule has 1 unspecified atom stereocenters. The van der Waals surface area contributed by atoms with E-state index in [0.717, 1.165) is 0 Å². The van der Waals surface area contributed by atoms with Gasteiger partial charge in [-0.3, -0.25) is 4.79 Å². The Bertz CT molecular complexity index is 1370. The minimum atomic E-state index is -1.59. The zero-order valence-corrected chi connectivity index (χ0v) is 28.0. The number of benzene rings is 2. The van der Waals surface area contributed by atoms with E-state index in [2.05, 4.69) is 0 Å². The van der Waals surface area contributed by atoms with E-state index in [-0.39, 0.29) is 30.8 Å². The Morgan fingerprint density at radius 1 is 0.667 bits per heavy atom. The first-order valence-electron chi connectivity index (χ1n) is 16.4. The largest absolute Gasteiger partial charge is 0.462 e. The first kappa shape index (κ1) is 40.3. The summed E-state index contributed by atoms with van der Waals surface area (Å²) in [7, 11) is 0. The number of esters is 2. The zero-order chi connectivity index (χ0) is 37.2. The van der Waals surface area contributed by atoms with Gasteiger partial charge in [-0.15, -0.1) is 0 Å². The standard InChI is InChI=1S/C34H46O17/c1-3-17(2)47-22(32(44)46-16-19-6-10-21(11-7-19)49-34-31(43)29(41)27(39)24(14-36)51-34)12-25(37)45-15-18-4-8-20(9-5-18)48-33-30(42)28(40)26(38)23(13-35)50-33/h4-11,17,22-24,26-31,33-36,38-43H,3,12-16H2,1-2H3/t17?,22-,23+,24+,26+,27+,28-,29-,30+,31+,33+,34+/m0/s1. The van der Waals surface area contributed by atoms with Gasteiger partial charge in [0.2, 0.25) is 12.6 Å². The number of hydrogen-bond acceptors (Lipinski definition) is 17. The minimum Gasteiger partial charge on any atom is -0.462 e. The van der Waals surface area contributed by atoms with E-state index in [1.54, 1.807) is 31.2 Å². The van der Waals surface area contributed by atoms with Crippen LogP contribution >= 0.6 is 0 Å². The molecule has 2 aliphatic heterocycles. The highest BCUT2D eigenvalue weighted by Gasteiger charge is 2.45. The summed E-state index contributed by atoms with van der Waals surface area (Å²) in [6, 6.07) is 12.3. The molecule has 0 aromatic heterocycles. The van der Waals surface area contributed by atoms with Crippen molar-refractivity contribution < 1.29 is 83.6 Å². The predicted molar refractivity (Wildman–Crippen MR) is 171 cm³/mol. The molecule has 2 aromatic carbocycles. The third-order valence-corrected chi connectivity index (χ3v) is 8.42. The second-order valence-electron chi connectivity index (χ2n) is 12.2. The number of rotatable bonds is 16. The lowest BCUT2D eigenvalue weighted by Crippen LogP contribution is -2.60. The Kier molecular flexibility index (Phi) is 14.9. The Morgan fingerprint density at radius 2 is 1.10 bits per heavy atom. The van der Waals surface area contributed by atoms with E-state index in [9.17, 15) is 50.4 Å². The van der Waals surface area contributed by atoms with Crippen molar-refractivity contribution in [2.24, 2.45) is 0 Å². The molecule has 0 aliphatic carbocycles. The molecule has 4 rings (SSSR count). The molecule has 12 atom stereocenters. The molecule has 0 amide bonds. The summed E-state index contributed by atoms with van der Waals surface area (Å²) in [5, 5.41) is 78.8. The van der Waals surface area contributed by atoms with Crippen LogP contribution in [0.2, 0.25) is 0 Å². The number of carbonyl (C=O) groups is 2. The Labute approximate surface area is 293 Å². The number of carbonyl (C=O) groups excluding carboxylic acids is 2. The molecule has 284 valence electrons. The number of aliphatic hydroxyl groups is 8. The van der Waals surface area contributed by atoms with Crippen molar-refractivity contribution >= 4 is 11.9 Å². The van der Waals surface area contributed by atoms with E-state index in [0.29, 0.717) is 17.5 Å². The molecule has 0 spiro atoms. The van der Waals surface area contributed by atoms with Crippen LogP contribution in [0.3, 0.4) is 0 Å². The van der Waals surface area contributed by atoms with Gasteiger partial charge < -0.3 is 74.0 Å². The van der Waals surface area contributed by atoms with Gasteiger partial charge in [0.15, 0.2) is 6.10 Å². The van der Waals surface area contributed by atoms with Crippen molar-refractivity contribution in [2.75, 3.05) is 13.2 Å². The minimum absolute atomic E-state index is 0.151. The number of aliphatic hydroxyl groups excluding tert-OH is 8. The van der Waals surface area contributed by atoms with E-state index in [4.69, 9.17) is 33.2 Å². The molecule has 2 heterocycles. The SMILES string of the molecule is CCC(C)O[C@@H](CC(=O)OCc1ccc(O[C@@H]2O[C@H](CO)[C@@H](O)[C@H](O)[C@H]2O)cc1)C(=O)OCc1ccc(O[C@@H]2O[C@H](CO)[C@@H](O)[C@H](O)[C@H]2O)cc1. The number of hydrogen-bond donors (Lipinski definition) is 8. The molecule has 17 heteroatoms. The van der Waals surface area contributed by atoms with Gasteiger partial charge in [0.25, 0.3) is 0 Å². The molecule has 2 fully saturated rings. The fourth-order valence-electron chi connectivity index (χ4n) is 5.11. The quantitative estimate of drug-likeness (QED) is 0.0907. The molecule has 0 saturated carbocycles. The molecule has 51 heavy (non-hydrogen) atoms. The maximum Gasteiger partial charge on any atom is 0.336 e. The normalized spacial score (nSPS) is 30.5. The summed E-state index contributed by atoms with van der Waals surface area (Å²) in [6.45, 7) is 2.07. The second kappa shape index (κ2) is 18.9. The Hall–Kier alpha value is -3.46. The molecule has 2 saturated heterocycles. The van der Waals surface area contributed by atoms with Crippen LogP contribution in [0.25, 0.3) is 0 Å². The summed E-state index contributed by atoms with van der Waals surface area (Å²) in [6.07, 6.45) is -15.8. The van der Waals surface area contributed by atoms with Crippen LogP contribution in [0.1, 0.15) is 37.8 Å². The van der Waals surface area contributed by atoms with Gasteiger partial charge >= 0.3 is 11.9 Å². The Morgan fingerprint density at radius 3 is 1.51 bits per heavy atom. The lowest BCUT2D eigenvalue weighted by molar-refractivity contribution is -0.277. The maximum atomic E-state index is 13.0. The molecule has 8 N–H and O–H groups in total. The van der Waals surface area contributed by atoms with Gasteiger partial charge in [-0.05, 0) is 48.7 Å². The summed E-state index contributed by atoms with van der Waals surface area (Å²) < 4.78 is 38.3. The highest BCUT2D eigenvalue weighted by Crippen LogP contribution is 2.26. The molecular weight excluding hydrogens is 680 g/mol. The van der Waals surface area contributed by atoms with Crippen LogP contribution in [-0.2, 0) is 46.5 Å². The first-order valence-corrected chi connectivity index (χ1v) is 16.4. The number of ether oxygens (including phenoxy) is 7. The van der Waals surface area contributed by atoms with Gasteiger partial charge in [-0.25, -0.2) is 4.79 Å². The van der Waals surface area contributed by atoms with Crippen molar-refractivity contribution in [3.05, 3.63) is 59.7 Å². The van der Waals surface area contributed by atoms with Crippen LogP contribution in [0.5, 0.6) is 11.5 Å². The molecule has 0 bridgehead atoms. The fourth-order valence-corrected chi connectivity index (χ4v) is 5.11. The van der Waals surface area contributed by atoms with Gasteiger partial charge in [0.1, 0.15) is 73.5 Å². The van der Waals surface area contributed by atoms with Gasteiger partial charge in [-0.1, -0.05) is 31.2 Å². The molecule has 2 aliphatic rings. The van der Waals surface area contributed by atoms with Gasteiger partial charge in [0, 0.05) is 0 Å². The average molecular weight is 727 g/mol. The van der Waals surface area contributed by atoms with Crippen LogP contribution in [0, 0.1) is 0 Å². The van der Waals surface area contributed by atoms with E-state index >= 15 is 0 Å². The van der Waals surface area contributed by atoms with Crippen molar-refractivity contribution in [1.82, 2.24) is 0 Å². The van der Waals surface area contributed by atoms with Crippen molar-refractivity contribution in [3.8, 4) is 11.5 Å². The van der Waals surface area contributed by atoms with Gasteiger partial charge in [0.05, 0.1) is 25.7 Å². The lowest BCUT2D eigenvalue weighted by Gasteiger charge is -2.39. The molecule has 17 nitrogen and oxygen atoms in total. The lowest BCUT2D eigenvalue weighted by atomic mass is 9.99. The molecule has 2 aromatic rings. The topological polar surface area (TPSA) is 261 Å². The monoisotopic (exact) mass is 726 g/mol. The van der Waals surface area contributed by atoms with E-state index in [1.807, 2.05) is 6.92 Å². The summed E-state index contributed by atoms with van der Waals surface area (Å²) >= 11 is 0. The van der Waals surface area contributed by atoms with E-state index in [1.165, 1.54) is 24.3 Å². The highest BCUT2D eigenvalue weighted by atomic mass is 16.7. The summed E-state index contributed by atoms with van der Waals surface area (Å²) in [5.74, 6) is -1.05. The highest BCUT2D eigenvalue weighted by molar-refractivity contribution is 5.81. The van der Waals surface area contributed by atoms with Crippen molar-refractivity contribution in [3.63, 3.8) is 0 Å². The second-order valence-corrected chi connectivity index (χ2v) is 12.2. The average Bonchev–Trinajstić information content (AvgIpc) is 3.14. The van der Waals surface area contributed by atoms with E-state index < -0.39 is 99.1 Å². The van der Waals surface area contributed by atoms with Crippen LogP contribution in [0.15, 0.2) is 48.5 Å². The van der Waals surface area contributed by atoms with Gasteiger partial charge in [-0.2, -0.15) is 0 Å². The molecule has 0 radical (unpaired) electrons. The summed E-state index contributed by atoms with van der Waals surface area (Å²) in [4.78, 5) is 25.7. The third-order valence-electron chi connectivity index (χ3n) is 8.42. The van der Waals surface area contributed by atoms with Crippen LogP contribution in [-0.4, -0.2) is 140 Å². The fraction of sp³-hybridized carbons (Fsp3) is 0.588. The van der Waals surface area contributed by atoms with Crippen LogP contribution in [0.4, 0.5) is 0 Å². The first-order chi connectivity index (χ1) is 24.3.